The smallest absolute Gasteiger partial charge is 0.220 e. The van der Waals surface area contributed by atoms with E-state index < -0.39 is 86.8 Å². The molecule has 14 nitrogen and oxygen atoms in total. The number of carbonyl (C=O) groups is 1. The van der Waals surface area contributed by atoms with Gasteiger partial charge in [-0.05, 0) is 44.9 Å². The zero-order chi connectivity index (χ0) is 72.2. The van der Waals surface area contributed by atoms with Crippen LogP contribution in [0.25, 0.3) is 0 Å². The third kappa shape index (κ3) is 52.5. The molecule has 12 atom stereocenters. The molecule has 2 aliphatic heterocycles. The van der Waals surface area contributed by atoms with Gasteiger partial charge >= 0.3 is 0 Å². The predicted molar refractivity (Wildman–Crippen MR) is 415 cm³/mol. The highest BCUT2D eigenvalue weighted by molar-refractivity contribution is 5.76. The van der Waals surface area contributed by atoms with Crippen LogP contribution in [0.5, 0.6) is 0 Å². The Morgan fingerprint density at radius 3 is 1.00 bits per heavy atom. The largest absolute Gasteiger partial charge is 0.394 e. The molecule has 0 spiro atoms. The van der Waals surface area contributed by atoms with E-state index in [-0.39, 0.29) is 12.5 Å². The van der Waals surface area contributed by atoms with Crippen molar-refractivity contribution in [3.63, 3.8) is 0 Å². The minimum Gasteiger partial charge on any atom is -0.394 e. The SMILES string of the molecule is CCCCCCC/C=C\C/C=C\CCCCCCCCCCCCCCCCCCCCCCCC(=O)NC(COC1OC(CO)C(OC2OC(CO)C(O)C(O)C2O)C(O)C1O)C(O)CCCCCCCCCCCCCCCCCCCCCCCCCCCCCCCCCCC. The summed E-state index contributed by atoms with van der Waals surface area (Å²) in [6, 6.07) is -0.829. The van der Waals surface area contributed by atoms with Gasteiger partial charge in [0.2, 0.25) is 5.91 Å². The number of aliphatic hydroxyl groups excluding tert-OH is 8. The second kappa shape index (κ2) is 70.5. The summed E-state index contributed by atoms with van der Waals surface area (Å²) >= 11 is 0. The molecule has 0 radical (unpaired) electrons. The van der Waals surface area contributed by atoms with E-state index in [1.165, 1.54) is 340 Å². The van der Waals surface area contributed by atoms with Crippen molar-refractivity contribution in [1.29, 1.82) is 0 Å². The average molecular weight is 1420 g/mol. The number of ether oxygens (including phenoxy) is 4. The van der Waals surface area contributed by atoms with Crippen LogP contribution in [0.3, 0.4) is 0 Å². The molecule has 2 aliphatic rings. The number of hydrogen-bond donors (Lipinski definition) is 9. The molecule has 14 heteroatoms. The Bertz CT molecular complexity index is 1770. The molecule has 592 valence electrons. The Labute approximate surface area is 615 Å². The predicted octanol–water partition coefficient (Wildman–Crippen LogP) is 20.6. The zero-order valence-electron chi connectivity index (χ0n) is 65.2. The first-order valence-electron chi connectivity index (χ1n) is 43.6. The Morgan fingerprint density at radius 1 is 0.360 bits per heavy atom. The van der Waals surface area contributed by atoms with E-state index in [0.717, 1.165) is 57.8 Å². The number of unbranched alkanes of at least 4 members (excludes halogenated alkanes) is 58. The third-order valence-electron chi connectivity index (χ3n) is 21.7. The molecule has 1 amide bonds. The number of aliphatic hydroxyl groups is 8. The van der Waals surface area contributed by atoms with Crippen LogP contribution in [-0.4, -0.2) is 140 Å². The van der Waals surface area contributed by atoms with Crippen LogP contribution in [0.2, 0.25) is 0 Å². The number of allylic oxidation sites excluding steroid dienone is 4. The molecule has 0 saturated carbocycles. The molecule has 0 bridgehead atoms. The summed E-state index contributed by atoms with van der Waals surface area (Å²) in [5.41, 5.74) is 0. The molecule has 2 fully saturated rings. The monoisotopic (exact) mass is 1420 g/mol. The zero-order valence-corrected chi connectivity index (χ0v) is 65.2. The van der Waals surface area contributed by atoms with E-state index in [9.17, 15) is 45.6 Å². The van der Waals surface area contributed by atoms with Crippen LogP contribution < -0.4 is 5.32 Å². The average Bonchev–Trinajstić information content (AvgIpc) is 0.791. The maximum Gasteiger partial charge on any atom is 0.220 e. The number of amides is 1. The molecule has 9 N–H and O–H groups in total. The quantitative estimate of drug-likeness (QED) is 0.0204. The fourth-order valence-corrected chi connectivity index (χ4v) is 14.8. The first-order valence-corrected chi connectivity index (χ1v) is 43.6. The molecule has 0 aliphatic carbocycles. The van der Waals surface area contributed by atoms with Crippen LogP contribution in [0.1, 0.15) is 425 Å². The number of nitrogens with one attached hydrogen (secondary N) is 1. The summed E-state index contributed by atoms with van der Waals surface area (Å²) < 4.78 is 23.0. The lowest BCUT2D eigenvalue weighted by molar-refractivity contribution is -0.359. The highest BCUT2D eigenvalue weighted by Gasteiger charge is 2.51. The molecule has 0 aromatic carbocycles. The summed E-state index contributed by atoms with van der Waals surface area (Å²) in [6.07, 6.45) is 75.3. The summed E-state index contributed by atoms with van der Waals surface area (Å²) in [7, 11) is 0. The van der Waals surface area contributed by atoms with Crippen molar-refractivity contribution < 1.29 is 64.6 Å². The van der Waals surface area contributed by atoms with Crippen molar-refractivity contribution in [3.05, 3.63) is 24.3 Å². The topological polar surface area (TPSA) is 228 Å². The summed E-state index contributed by atoms with van der Waals surface area (Å²) in [5, 5.41) is 88.0. The van der Waals surface area contributed by atoms with Crippen LogP contribution in [0.4, 0.5) is 0 Å². The van der Waals surface area contributed by atoms with E-state index in [0.29, 0.717) is 12.8 Å². The van der Waals surface area contributed by atoms with Crippen molar-refractivity contribution in [2.24, 2.45) is 0 Å². The van der Waals surface area contributed by atoms with Gasteiger partial charge in [0.25, 0.3) is 0 Å². The first-order chi connectivity index (χ1) is 49.1. The lowest BCUT2D eigenvalue weighted by Crippen LogP contribution is -2.65. The lowest BCUT2D eigenvalue weighted by Gasteiger charge is -2.46. The van der Waals surface area contributed by atoms with Gasteiger partial charge < -0.3 is 65.1 Å². The van der Waals surface area contributed by atoms with E-state index in [4.69, 9.17) is 18.9 Å². The van der Waals surface area contributed by atoms with Crippen molar-refractivity contribution in [1.82, 2.24) is 5.32 Å². The van der Waals surface area contributed by atoms with Crippen molar-refractivity contribution in [3.8, 4) is 0 Å². The maximum atomic E-state index is 13.4. The molecular weight excluding hydrogens is 1250 g/mol. The Balaban J connectivity index is 1.57. The first kappa shape index (κ1) is 94.6. The van der Waals surface area contributed by atoms with Gasteiger partial charge in [-0.3, -0.25) is 4.79 Å². The fourth-order valence-electron chi connectivity index (χ4n) is 14.8. The Kier molecular flexibility index (Phi) is 66.6. The van der Waals surface area contributed by atoms with Gasteiger partial charge in [-0.1, -0.05) is 398 Å². The third-order valence-corrected chi connectivity index (χ3v) is 21.7. The van der Waals surface area contributed by atoms with Gasteiger partial charge in [-0.2, -0.15) is 0 Å². The van der Waals surface area contributed by atoms with Gasteiger partial charge in [-0.15, -0.1) is 0 Å². The summed E-state index contributed by atoms with van der Waals surface area (Å²) in [5.74, 6) is -0.196. The second-order valence-electron chi connectivity index (χ2n) is 31.0. The molecule has 100 heavy (non-hydrogen) atoms. The van der Waals surface area contributed by atoms with E-state index in [1.807, 2.05) is 0 Å². The highest BCUT2D eigenvalue weighted by Crippen LogP contribution is 2.31. The molecule has 12 unspecified atom stereocenters. The molecule has 2 saturated heterocycles. The number of carbonyl (C=O) groups excluding carboxylic acids is 1. The molecule has 2 heterocycles. The lowest BCUT2D eigenvalue weighted by atomic mass is 9.97. The van der Waals surface area contributed by atoms with Crippen molar-refractivity contribution in [2.75, 3.05) is 19.8 Å². The summed E-state index contributed by atoms with van der Waals surface area (Å²) in [4.78, 5) is 13.4. The maximum absolute atomic E-state index is 13.4. The van der Waals surface area contributed by atoms with E-state index >= 15 is 0 Å². The number of rotatable bonds is 75. The van der Waals surface area contributed by atoms with Crippen molar-refractivity contribution in [2.45, 2.75) is 498 Å². The van der Waals surface area contributed by atoms with Crippen LogP contribution in [0.15, 0.2) is 24.3 Å². The Hall–Kier alpha value is -1.53. The normalized spacial score (nSPS) is 21.9. The van der Waals surface area contributed by atoms with Gasteiger partial charge in [-0.25, -0.2) is 0 Å². The minimum absolute atomic E-state index is 0.196. The molecule has 0 aromatic rings. The van der Waals surface area contributed by atoms with Gasteiger partial charge in [0.1, 0.15) is 48.8 Å². The fraction of sp³-hybridized carbons (Fsp3) is 0.942. The van der Waals surface area contributed by atoms with Crippen LogP contribution in [0, 0.1) is 0 Å². The van der Waals surface area contributed by atoms with Crippen LogP contribution in [-0.2, 0) is 23.7 Å². The summed E-state index contributed by atoms with van der Waals surface area (Å²) in [6.45, 7) is 2.93. The van der Waals surface area contributed by atoms with E-state index in [2.05, 4.69) is 43.5 Å². The van der Waals surface area contributed by atoms with E-state index in [1.54, 1.807) is 0 Å². The molecular formula is C86H165NO13. The minimum atomic E-state index is -1.78. The second-order valence-corrected chi connectivity index (χ2v) is 31.0. The highest BCUT2D eigenvalue weighted by atomic mass is 16.7. The number of hydrogen-bond acceptors (Lipinski definition) is 13. The molecule has 2 rings (SSSR count). The van der Waals surface area contributed by atoms with Gasteiger partial charge in [0.05, 0.1) is 32.0 Å². The standard InChI is InChI=1S/C86H165NO13/c1-3-5-7-9-11-13-15-17-19-21-23-25-27-29-31-33-35-37-39-41-43-45-47-49-51-53-55-57-59-61-63-65-67-69-75(90)74(73-97-85-83(96)81(94)84(77(72-89)99-85)100-86-82(95)80(93)79(92)76(71-88)98-86)87-78(91)70-68-66-64-62-60-58-56-54-52-50-48-46-44-42-40-38-36-34-32-30-28-26-24-22-20-18-16-14-12-10-8-6-4-2/h16,18,22,24,74-77,79-86,88-90,92-96H,3-15,17,19-21,23,25-73H2,1-2H3,(H,87,91)/b18-16-,24-22-. The van der Waals surface area contributed by atoms with Gasteiger partial charge in [0, 0.05) is 6.42 Å². The van der Waals surface area contributed by atoms with Gasteiger partial charge in [0.15, 0.2) is 12.6 Å². The van der Waals surface area contributed by atoms with Crippen LogP contribution >= 0.6 is 0 Å². The molecule has 0 aromatic heterocycles. The Morgan fingerprint density at radius 2 is 0.660 bits per heavy atom. The van der Waals surface area contributed by atoms with Crippen molar-refractivity contribution >= 4 is 5.91 Å².